The molecule has 0 saturated carbocycles. The third kappa shape index (κ3) is 3.01. The summed E-state index contributed by atoms with van der Waals surface area (Å²) in [6, 6.07) is 6.33. The Balaban J connectivity index is 3.02. The molecular formula is C13H20N2. The van der Waals surface area contributed by atoms with Gasteiger partial charge in [-0.3, -0.25) is 0 Å². The minimum absolute atomic E-state index is 0.904. The highest BCUT2D eigenvalue weighted by Gasteiger charge is 2.04. The average molecular weight is 204 g/mol. The second-order valence-corrected chi connectivity index (χ2v) is 3.39. The number of allylic oxidation sites excluding steroid dienone is 1. The van der Waals surface area contributed by atoms with E-state index in [2.05, 4.69) is 49.3 Å². The van der Waals surface area contributed by atoms with Crippen LogP contribution in [0.4, 0.5) is 11.4 Å². The molecule has 1 rings (SSSR count). The van der Waals surface area contributed by atoms with Crippen LogP contribution in [0.3, 0.4) is 0 Å². The molecule has 0 bridgehead atoms. The number of para-hydroxylation sites is 1. The molecule has 0 atom stereocenters. The van der Waals surface area contributed by atoms with Gasteiger partial charge < -0.3 is 10.6 Å². The first-order valence-electron chi connectivity index (χ1n) is 5.54. The summed E-state index contributed by atoms with van der Waals surface area (Å²) in [5, 5.41) is 6.77. The molecule has 2 nitrogen and oxygen atoms in total. The van der Waals surface area contributed by atoms with Gasteiger partial charge in [0.1, 0.15) is 0 Å². The van der Waals surface area contributed by atoms with Gasteiger partial charge in [-0.05, 0) is 31.9 Å². The number of anilines is 2. The van der Waals surface area contributed by atoms with Gasteiger partial charge in [0.15, 0.2) is 0 Å². The second kappa shape index (κ2) is 6.12. The van der Waals surface area contributed by atoms with Crippen LogP contribution in [-0.4, -0.2) is 13.1 Å². The van der Waals surface area contributed by atoms with Crippen LogP contribution in [0.1, 0.15) is 19.4 Å². The Morgan fingerprint density at radius 3 is 2.53 bits per heavy atom. The summed E-state index contributed by atoms with van der Waals surface area (Å²) in [6.07, 6.45) is 2.84. The van der Waals surface area contributed by atoms with Crippen molar-refractivity contribution in [3.63, 3.8) is 0 Å². The normalized spacial score (nSPS) is 9.73. The first-order chi connectivity index (χ1) is 7.33. The largest absolute Gasteiger partial charge is 0.384 e. The van der Waals surface area contributed by atoms with E-state index >= 15 is 0 Å². The number of benzene rings is 1. The van der Waals surface area contributed by atoms with Crippen LogP contribution in [0.2, 0.25) is 0 Å². The van der Waals surface area contributed by atoms with Crippen molar-refractivity contribution in [2.24, 2.45) is 0 Å². The molecule has 0 aliphatic rings. The Morgan fingerprint density at radius 1 is 1.20 bits per heavy atom. The Kier molecular flexibility index (Phi) is 4.75. The summed E-state index contributed by atoms with van der Waals surface area (Å²) in [7, 11) is 0. The van der Waals surface area contributed by atoms with Gasteiger partial charge in [-0.25, -0.2) is 0 Å². The maximum atomic E-state index is 3.78. The zero-order valence-corrected chi connectivity index (χ0v) is 9.64. The first kappa shape index (κ1) is 11.6. The van der Waals surface area contributed by atoms with Crippen LogP contribution in [-0.2, 0) is 6.42 Å². The lowest BCUT2D eigenvalue weighted by Gasteiger charge is -2.15. The van der Waals surface area contributed by atoms with Crippen molar-refractivity contribution in [3.05, 3.63) is 36.4 Å². The summed E-state index contributed by atoms with van der Waals surface area (Å²) in [5.41, 5.74) is 3.69. The Morgan fingerprint density at radius 2 is 1.93 bits per heavy atom. The van der Waals surface area contributed by atoms with Crippen molar-refractivity contribution in [3.8, 4) is 0 Å². The molecule has 0 amide bonds. The van der Waals surface area contributed by atoms with Crippen molar-refractivity contribution >= 4 is 11.4 Å². The molecule has 1 aromatic rings. The molecule has 0 aliphatic heterocycles. The second-order valence-electron chi connectivity index (χ2n) is 3.39. The highest BCUT2D eigenvalue weighted by molar-refractivity contribution is 5.72. The van der Waals surface area contributed by atoms with Gasteiger partial charge in [0.25, 0.3) is 0 Å². The molecule has 15 heavy (non-hydrogen) atoms. The van der Waals surface area contributed by atoms with Crippen LogP contribution in [0.5, 0.6) is 0 Å². The lowest BCUT2D eigenvalue weighted by molar-refractivity contribution is 1.15. The van der Waals surface area contributed by atoms with Crippen LogP contribution < -0.4 is 10.6 Å². The molecular weight excluding hydrogens is 184 g/mol. The smallest absolute Gasteiger partial charge is 0.0611 e. The number of hydrogen-bond donors (Lipinski definition) is 2. The molecule has 1 aromatic carbocycles. The lowest BCUT2D eigenvalue weighted by Crippen LogP contribution is -2.06. The quantitative estimate of drug-likeness (QED) is 0.695. The van der Waals surface area contributed by atoms with Crippen LogP contribution in [0.25, 0.3) is 0 Å². The molecule has 0 saturated heterocycles. The third-order valence-electron chi connectivity index (χ3n) is 2.24. The molecule has 0 aliphatic carbocycles. The van der Waals surface area contributed by atoms with Gasteiger partial charge in [0, 0.05) is 13.1 Å². The van der Waals surface area contributed by atoms with E-state index in [9.17, 15) is 0 Å². The number of rotatable bonds is 6. The third-order valence-corrected chi connectivity index (χ3v) is 2.24. The summed E-state index contributed by atoms with van der Waals surface area (Å²) in [4.78, 5) is 0. The molecule has 0 aromatic heterocycles. The molecule has 2 N–H and O–H groups in total. The number of nitrogens with one attached hydrogen (secondary N) is 2. The fourth-order valence-electron chi connectivity index (χ4n) is 1.65. The van der Waals surface area contributed by atoms with Crippen molar-refractivity contribution in [1.82, 2.24) is 0 Å². The zero-order valence-electron chi connectivity index (χ0n) is 9.64. The Labute approximate surface area is 92.4 Å². The van der Waals surface area contributed by atoms with Gasteiger partial charge in [0.2, 0.25) is 0 Å². The van der Waals surface area contributed by atoms with Gasteiger partial charge in [-0.15, -0.1) is 6.58 Å². The van der Waals surface area contributed by atoms with E-state index in [1.165, 1.54) is 16.9 Å². The predicted molar refractivity (Wildman–Crippen MR) is 68.7 cm³/mol. The molecule has 0 spiro atoms. The van der Waals surface area contributed by atoms with E-state index in [0.717, 1.165) is 19.5 Å². The Bertz CT molecular complexity index is 318. The van der Waals surface area contributed by atoms with Crippen molar-refractivity contribution in [2.75, 3.05) is 23.7 Å². The summed E-state index contributed by atoms with van der Waals surface area (Å²) in [6.45, 7) is 9.88. The first-order valence-corrected chi connectivity index (χ1v) is 5.54. The van der Waals surface area contributed by atoms with Gasteiger partial charge in [-0.2, -0.15) is 0 Å². The minimum Gasteiger partial charge on any atom is -0.384 e. The van der Waals surface area contributed by atoms with Crippen molar-refractivity contribution in [2.45, 2.75) is 20.3 Å². The molecule has 0 radical (unpaired) electrons. The van der Waals surface area contributed by atoms with Crippen molar-refractivity contribution < 1.29 is 0 Å². The van der Waals surface area contributed by atoms with Gasteiger partial charge in [0.05, 0.1) is 11.4 Å². The van der Waals surface area contributed by atoms with E-state index in [1.807, 2.05) is 6.08 Å². The van der Waals surface area contributed by atoms with Crippen LogP contribution in [0.15, 0.2) is 30.9 Å². The maximum Gasteiger partial charge on any atom is 0.0611 e. The van der Waals surface area contributed by atoms with E-state index in [1.54, 1.807) is 0 Å². The highest BCUT2D eigenvalue weighted by atomic mass is 14.9. The SMILES string of the molecule is C=CCc1cccc(NCC)c1NCC. The zero-order chi connectivity index (χ0) is 11.1. The Hall–Kier alpha value is -1.44. The van der Waals surface area contributed by atoms with Crippen molar-refractivity contribution in [1.29, 1.82) is 0 Å². The van der Waals surface area contributed by atoms with E-state index in [0.29, 0.717) is 0 Å². The highest BCUT2D eigenvalue weighted by Crippen LogP contribution is 2.26. The monoisotopic (exact) mass is 204 g/mol. The summed E-state index contributed by atoms with van der Waals surface area (Å²) >= 11 is 0. The van der Waals surface area contributed by atoms with Crippen LogP contribution >= 0.6 is 0 Å². The standard InChI is InChI=1S/C13H20N2/c1-4-8-11-9-7-10-12(14-5-2)13(11)15-6-3/h4,7,9-10,14-15H,1,5-6,8H2,2-3H3. The maximum absolute atomic E-state index is 3.78. The predicted octanol–water partition coefficient (Wildman–Crippen LogP) is 3.28. The summed E-state index contributed by atoms with van der Waals surface area (Å²) < 4.78 is 0. The molecule has 2 heteroatoms. The minimum atomic E-state index is 0.904. The molecule has 0 heterocycles. The summed E-state index contributed by atoms with van der Waals surface area (Å²) in [5.74, 6) is 0. The van der Waals surface area contributed by atoms with Gasteiger partial charge >= 0.3 is 0 Å². The molecule has 0 unspecified atom stereocenters. The fraction of sp³-hybridized carbons (Fsp3) is 0.385. The lowest BCUT2D eigenvalue weighted by atomic mass is 10.1. The van der Waals surface area contributed by atoms with Gasteiger partial charge in [-0.1, -0.05) is 18.2 Å². The average Bonchev–Trinajstić information content (AvgIpc) is 2.23. The molecule has 0 fully saturated rings. The molecule has 82 valence electrons. The van der Waals surface area contributed by atoms with E-state index in [-0.39, 0.29) is 0 Å². The fourth-order valence-corrected chi connectivity index (χ4v) is 1.65. The number of hydrogen-bond acceptors (Lipinski definition) is 2. The van der Waals surface area contributed by atoms with Crippen LogP contribution in [0, 0.1) is 0 Å². The van der Waals surface area contributed by atoms with E-state index < -0.39 is 0 Å². The van der Waals surface area contributed by atoms with E-state index in [4.69, 9.17) is 0 Å². The topological polar surface area (TPSA) is 24.1 Å².